The van der Waals surface area contributed by atoms with Crippen LogP contribution in [0.3, 0.4) is 0 Å². The summed E-state index contributed by atoms with van der Waals surface area (Å²) in [6, 6.07) is 0.0392. The molecule has 5 heteroatoms. The minimum Gasteiger partial charge on any atom is -0.444 e. The molecule has 0 aromatic carbocycles. The second-order valence-electron chi connectivity index (χ2n) is 6.27. The third-order valence-corrected chi connectivity index (χ3v) is 3.71. The first kappa shape index (κ1) is 12.2. The van der Waals surface area contributed by atoms with Crippen molar-refractivity contribution in [3.63, 3.8) is 0 Å². The monoisotopic (exact) mass is 240 g/mol. The van der Waals surface area contributed by atoms with Crippen LogP contribution in [0.25, 0.3) is 0 Å². The summed E-state index contributed by atoms with van der Waals surface area (Å²) in [4.78, 5) is 22.9. The fourth-order valence-electron chi connectivity index (χ4n) is 2.91. The van der Waals surface area contributed by atoms with Crippen LogP contribution in [-0.4, -0.2) is 23.6 Å². The molecule has 3 N–H and O–H groups in total. The summed E-state index contributed by atoms with van der Waals surface area (Å²) in [5.41, 5.74) is 4.53. The number of ether oxygens (including phenoxy) is 1. The number of alkyl carbamates (subject to hydrolysis) is 1. The zero-order valence-electron chi connectivity index (χ0n) is 10.6. The summed E-state index contributed by atoms with van der Waals surface area (Å²) >= 11 is 0. The summed E-state index contributed by atoms with van der Waals surface area (Å²) in [5, 5.41) is 2.84. The first-order chi connectivity index (χ1) is 7.72. The van der Waals surface area contributed by atoms with Gasteiger partial charge in [-0.05, 0) is 46.0 Å². The van der Waals surface area contributed by atoms with Crippen LogP contribution in [0.1, 0.15) is 40.0 Å². The Balaban J connectivity index is 1.87. The highest BCUT2D eigenvalue weighted by molar-refractivity contribution is 5.83. The van der Waals surface area contributed by atoms with E-state index in [2.05, 4.69) is 5.32 Å². The third-order valence-electron chi connectivity index (χ3n) is 3.71. The van der Waals surface area contributed by atoms with Gasteiger partial charge in [0.1, 0.15) is 5.60 Å². The first-order valence-electron chi connectivity index (χ1n) is 6.01. The Morgan fingerprint density at radius 3 is 2.29 bits per heavy atom. The first-order valence-corrected chi connectivity index (χ1v) is 6.01. The van der Waals surface area contributed by atoms with E-state index in [0.29, 0.717) is 12.3 Å². The number of hydrogen-bond donors (Lipinski definition) is 2. The zero-order chi connectivity index (χ0) is 12.8. The summed E-state index contributed by atoms with van der Waals surface area (Å²) < 4.78 is 5.19. The van der Waals surface area contributed by atoms with Crippen molar-refractivity contribution in [2.45, 2.75) is 51.7 Å². The van der Waals surface area contributed by atoms with Crippen molar-refractivity contribution in [3.8, 4) is 0 Å². The van der Waals surface area contributed by atoms with Crippen LogP contribution >= 0.6 is 0 Å². The summed E-state index contributed by atoms with van der Waals surface area (Å²) in [5.74, 6) is 0.150. The van der Waals surface area contributed by atoms with E-state index in [1.807, 2.05) is 20.8 Å². The van der Waals surface area contributed by atoms with Gasteiger partial charge < -0.3 is 15.8 Å². The molecular formula is C12H20N2O3. The predicted octanol–water partition coefficient (Wildman–Crippen LogP) is 1.17. The molecule has 0 aromatic heterocycles. The van der Waals surface area contributed by atoms with E-state index < -0.39 is 11.7 Å². The van der Waals surface area contributed by atoms with Gasteiger partial charge in [0.2, 0.25) is 5.91 Å². The molecule has 0 saturated heterocycles. The van der Waals surface area contributed by atoms with E-state index in [1.165, 1.54) is 0 Å². The lowest BCUT2D eigenvalue weighted by molar-refractivity contribution is -0.131. The SMILES string of the molecule is CC(C)(C)OC(=O)N[C@H]1CC2(C(N)=O)CC1C2. The number of fused-ring (bicyclic) bond motifs is 1. The molecule has 0 aliphatic heterocycles. The van der Waals surface area contributed by atoms with Crippen molar-refractivity contribution in [3.05, 3.63) is 0 Å². The fourth-order valence-corrected chi connectivity index (χ4v) is 2.91. The van der Waals surface area contributed by atoms with Gasteiger partial charge in [-0.1, -0.05) is 0 Å². The normalized spacial score (nSPS) is 35.0. The maximum Gasteiger partial charge on any atom is 0.407 e. The van der Waals surface area contributed by atoms with Gasteiger partial charge in [0.15, 0.2) is 0 Å². The van der Waals surface area contributed by atoms with Gasteiger partial charge in [-0.2, -0.15) is 0 Å². The fraction of sp³-hybridized carbons (Fsp3) is 0.833. The third kappa shape index (κ3) is 2.23. The number of carbonyl (C=O) groups excluding carboxylic acids is 2. The van der Waals surface area contributed by atoms with E-state index in [4.69, 9.17) is 10.5 Å². The van der Waals surface area contributed by atoms with Crippen molar-refractivity contribution >= 4 is 12.0 Å². The van der Waals surface area contributed by atoms with Gasteiger partial charge in [0.05, 0.1) is 5.41 Å². The molecule has 0 heterocycles. The standard InChI is InChI=1S/C12H20N2O3/c1-11(2,3)17-10(16)14-8-6-12(9(13)15)4-7(8)5-12/h7-8H,4-6H2,1-3H3,(H2,13,15)(H,14,16)/t7?,8-,12?/m0/s1. The van der Waals surface area contributed by atoms with Crippen LogP contribution in [0.4, 0.5) is 4.79 Å². The van der Waals surface area contributed by atoms with Gasteiger partial charge in [-0.3, -0.25) is 4.79 Å². The summed E-state index contributed by atoms with van der Waals surface area (Å²) in [6.45, 7) is 5.48. The molecule has 3 fully saturated rings. The van der Waals surface area contributed by atoms with Crippen LogP contribution in [0.5, 0.6) is 0 Å². The molecule has 3 aliphatic carbocycles. The average molecular weight is 240 g/mol. The Morgan fingerprint density at radius 1 is 1.29 bits per heavy atom. The van der Waals surface area contributed by atoms with E-state index >= 15 is 0 Å². The largest absolute Gasteiger partial charge is 0.444 e. The molecule has 3 rings (SSSR count). The summed E-state index contributed by atoms with van der Waals surface area (Å²) in [6.07, 6.45) is 1.87. The lowest BCUT2D eigenvalue weighted by Crippen LogP contribution is -2.42. The lowest BCUT2D eigenvalue weighted by Gasteiger charge is -2.35. The number of nitrogens with two attached hydrogens (primary N) is 1. The smallest absolute Gasteiger partial charge is 0.407 e. The quantitative estimate of drug-likeness (QED) is 0.760. The number of hydrogen-bond acceptors (Lipinski definition) is 3. The number of nitrogens with one attached hydrogen (secondary N) is 1. The van der Waals surface area contributed by atoms with Gasteiger partial charge in [-0.25, -0.2) is 4.79 Å². The average Bonchev–Trinajstić information content (AvgIpc) is 2.52. The Hall–Kier alpha value is -1.26. The molecule has 0 aromatic rings. The maximum atomic E-state index is 11.6. The van der Waals surface area contributed by atoms with E-state index in [1.54, 1.807) is 0 Å². The molecule has 96 valence electrons. The van der Waals surface area contributed by atoms with E-state index in [9.17, 15) is 9.59 Å². The number of primary amides is 1. The molecule has 1 atom stereocenters. The van der Waals surface area contributed by atoms with Crippen LogP contribution < -0.4 is 11.1 Å². The Morgan fingerprint density at radius 2 is 1.88 bits per heavy atom. The molecule has 0 radical (unpaired) electrons. The maximum absolute atomic E-state index is 11.6. The molecule has 17 heavy (non-hydrogen) atoms. The lowest BCUT2D eigenvalue weighted by atomic mass is 9.69. The predicted molar refractivity (Wildman–Crippen MR) is 62.1 cm³/mol. The minimum absolute atomic E-state index is 0.0392. The highest BCUT2D eigenvalue weighted by Gasteiger charge is 2.59. The van der Waals surface area contributed by atoms with Crippen LogP contribution in [-0.2, 0) is 9.53 Å². The molecule has 0 spiro atoms. The molecule has 0 unspecified atom stereocenters. The van der Waals surface area contributed by atoms with Gasteiger partial charge in [-0.15, -0.1) is 0 Å². The van der Waals surface area contributed by atoms with Crippen molar-refractivity contribution in [1.82, 2.24) is 5.32 Å². The topological polar surface area (TPSA) is 81.4 Å². The molecular weight excluding hydrogens is 220 g/mol. The van der Waals surface area contributed by atoms with Gasteiger partial charge >= 0.3 is 6.09 Å². The van der Waals surface area contributed by atoms with Gasteiger partial charge in [0.25, 0.3) is 0 Å². The highest BCUT2D eigenvalue weighted by atomic mass is 16.6. The second-order valence-corrected chi connectivity index (χ2v) is 6.27. The van der Waals surface area contributed by atoms with Crippen molar-refractivity contribution < 1.29 is 14.3 Å². The Kier molecular flexibility index (Phi) is 2.60. The number of rotatable bonds is 2. The molecule has 2 amide bonds. The van der Waals surface area contributed by atoms with E-state index in [-0.39, 0.29) is 17.4 Å². The Labute approximate surface area is 101 Å². The van der Waals surface area contributed by atoms with Crippen molar-refractivity contribution in [2.24, 2.45) is 17.1 Å². The van der Waals surface area contributed by atoms with Crippen LogP contribution in [0.2, 0.25) is 0 Å². The number of amides is 2. The van der Waals surface area contributed by atoms with Crippen molar-refractivity contribution in [2.75, 3.05) is 0 Å². The molecule has 3 saturated carbocycles. The zero-order valence-corrected chi connectivity index (χ0v) is 10.6. The van der Waals surface area contributed by atoms with E-state index in [0.717, 1.165) is 12.8 Å². The van der Waals surface area contributed by atoms with Crippen LogP contribution in [0.15, 0.2) is 0 Å². The van der Waals surface area contributed by atoms with Gasteiger partial charge in [0, 0.05) is 6.04 Å². The van der Waals surface area contributed by atoms with Crippen LogP contribution in [0, 0.1) is 11.3 Å². The van der Waals surface area contributed by atoms with Crippen molar-refractivity contribution in [1.29, 1.82) is 0 Å². The molecule has 3 aliphatic rings. The second kappa shape index (κ2) is 3.62. The molecule has 2 bridgehead atoms. The minimum atomic E-state index is -0.493. The molecule has 5 nitrogen and oxygen atoms in total. The Bertz CT molecular complexity index is 353. The number of carbonyl (C=O) groups is 2. The highest BCUT2D eigenvalue weighted by Crippen LogP contribution is 2.58. The summed E-state index contributed by atoms with van der Waals surface area (Å²) in [7, 11) is 0.